The summed E-state index contributed by atoms with van der Waals surface area (Å²) in [5.41, 5.74) is -2.89. The zero-order chi connectivity index (χ0) is 15.7. The predicted octanol–water partition coefficient (Wildman–Crippen LogP) is -0.784. The van der Waals surface area contributed by atoms with Crippen LogP contribution in [0.25, 0.3) is 0 Å². The van der Waals surface area contributed by atoms with Crippen molar-refractivity contribution in [2.24, 2.45) is 11.8 Å². The number of rotatable bonds is 1. The molecular formula is C15H12N2O5. The zero-order valence-electron chi connectivity index (χ0n) is 11.6. The average molecular weight is 300 g/mol. The molecular weight excluding hydrogens is 288 g/mol. The van der Waals surface area contributed by atoms with Crippen molar-refractivity contribution in [2.75, 3.05) is 0 Å². The lowest BCUT2D eigenvalue weighted by atomic mass is 9.61. The molecule has 0 aromatic heterocycles. The first-order chi connectivity index (χ1) is 10.4. The minimum Gasteiger partial charge on any atom is -0.446 e. The summed E-state index contributed by atoms with van der Waals surface area (Å²) in [6.07, 6.45) is 0. The van der Waals surface area contributed by atoms with Crippen molar-refractivity contribution in [3.63, 3.8) is 0 Å². The van der Waals surface area contributed by atoms with Crippen LogP contribution in [0, 0.1) is 11.8 Å². The van der Waals surface area contributed by atoms with E-state index in [1.165, 1.54) is 6.92 Å². The van der Waals surface area contributed by atoms with E-state index in [2.05, 4.69) is 10.6 Å². The molecule has 4 heterocycles. The molecule has 7 heteroatoms. The topological polar surface area (TPSA) is 102 Å². The first-order valence-electron chi connectivity index (χ1n) is 6.87. The highest BCUT2D eigenvalue weighted by molar-refractivity contribution is 6.16. The first-order valence-corrected chi connectivity index (χ1v) is 6.87. The van der Waals surface area contributed by atoms with Crippen LogP contribution >= 0.6 is 0 Å². The Hall–Kier alpha value is -2.70. The van der Waals surface area contributed by atoms with Gasteiger partial charge in [-0.3, -0.25) is 19.7 Å². The molecule has 0 radical (unpaired) electrons. The fourth-order valence-corrected chi connectivity index (χ4v) is 3.75. The number of ether oxygens (including phenoxy) is 1. The summed E-state index contributed by atoms with van der Waals surface area (Å²) in [7, 11) is 0. The van der Waals surface area contributed by atoms with Gasteiger partial charge in [0, 0.05) is 0 Å². The summed E-state index contributed by atoms with van der Waals surface area (Å²) < 4.78 is 5.31. The van der Waals surface area contributed by atoms with E-state index in [1.807, 2.05) is 0 Å². The van der Waals surface area contributed by atoms with Crippen LogP contribution in [0.5, 0.6) is 0 Å². The third-order valence-corrected chi connectivity index (χ3v) is 4.82. The summed E-state index contributed by atoms with van der Waals surface area (Å²) in [5, 5.41) is 4.85. The van der Waals surface area contributed by atoms with E-state index in [0.717, 1.165) is 0 Å². The number of carbonyl (C=O) groups excluding carboxylic acids is 4. The van der Waals surface area contributed by atoms with E-state index in [1.54, 1.807) is 30.3 Å². The van der Waals surface area contributed by atoms with Gasteiger partial charge < -0.3 is 10.1 Å². The Morgan fingerprint density at radius 3 is 2.32 bits per heavy atom. The van der Waals surface area contributed by atoms with Gasteiger partial charge in [0.1, 0.15) is 5.92 Å². The Morgan fingerprint density at radius 2 is 1.64 bits per heavy atom. The van der Waals surface area contributed by atoms with Crippen molar-refractivity contribution in [2.45, 2.75) is 18.1 Å². The van der Waals surface area contributed by atoms with Crippen LogP contribution in [0.2, 0.25) is 0 Å². The van der Waals surface area contributed by atoms with E-state index in [-0.39, 0.29) is 0 Å². The van der Waals surface area contributed by atoms with Gasteiger partial charge in [-0.2, -0.15) is 0 Å². The van der Waals surface area contributed by atoms with Crippen LogP contribution in [-0.2, 0) is 29.5 Å². The van der Waals surface area contributed by atoms with Gasteiger partial charge in [-0.1, -0.05) is 30.3 Å². The summed E-state index contributed by atoms with van der Waals surface area (Å²) in [4.78, 5) is 49.4. The van der Waals surface area contributed by atoms with E-state index < -0.39 is 46.7 Å². The number of amides is 3. The van der Waals surface area contributed by atoms with Crippen molar-refractivity contribution in [1.29, 1.82) is 0 Å². The molecule has 1 aromatic rings. The van der Waals surface area contributed by atoms with Crippen LogP contribution in [-0.4, -0.2) is 29.3 Å². The van der Waals surface area contributed by atoms with Gasteiger partial charge in [0.2, 0.25) is 11.8 Å². The minimum atomic E-state index is -1.66. The molecule has 5 rings (SSSR count). The second kappa shape index (κ2) is 3.73. The number of piperidine rings is 1. The summed E-state index contributed by atoms with van der Waals surface area (Å²) >= 11 is 0. The first kappa shape index (κ1) is 13.0. The summed E-state index contributed by atoms with van der Waals surface area (Å²) in [5.74, 6) is -4.46. The number of benzene rings is 1. The highest BCUT2D eigenvalue weighted by Gasteiger charge is 2.76. The van der Waals surface area contributed by atoms with Crippen molar-refractivity contribution < 1.29 is 23.9 Å². The number of hydrogen-bond donors (Lipinski definition) is 2. The van der Waals surface area contributed by atoms with Crippen LogP contribution in [0.3, 0.4) is 0 Å². The second-order valence-electron chi connectivity index (χ2n) is 5.93. The number of imide groups is 1. The van der Waals surface area contributed by atoms with Gasteiger partial charge in [-0.25, -0.2) is 4.79 Å². The molecule has 0 spiro atoms. The molecule has 2 N–H and O–H groups in total. The smallest absolute Gasteiger partial charge is 0.338 e. The molecule has 7 nitrogen and oxygen atoms in total. The van der Waals surface area contributed by atoms with Crippen molar-refractivity contribution >= 4 is 23.7 Å². The third-order valence-electron chi connectivity index (χ3n) is 4.82. The zero-order valence-corrected chi connectivity index (χ0v) is 11.6. The van der Waals surface area contributed by atoms with E-state index in [4.69, 9.17) is 4.74 Å². The van der Waals surface area contributed by atoms with Crippen LogP contribution in [0.15, 0.2) is 30.3 Å². The SMILES string of the molecule is C[C@]12OC(=O)[C@](c3ccccc3)(NC1=O)[C@@H]1C(=O)NC(=O)[C@@H]12. The minimum absolute atomic E-state index is 0.426. The lowest BCUT2D eigenvalue weighted by Crippen LogP contribution is -2.78. The number of esters is 1. The van der Waals surface area contributed by atoms with Gasteiger partial charge in [0.15, 0.2) is 11.1 Å². The van der Waals surface area contributed by atoms with Crippen LogP contribution in [0.4, 0.5) is 0 Å². The maximum absolute atomic E-state index is 12.6. The molecule has 0 unspecified atom stereocenters. The Labute approximate surface area is 125 Å². The molecule has 0 aliphatic carbocycles. The second-order valence-corrected chi connectivity index (χ2v) is 5.93. The molecule has 4 aliphatic rings. The molecule has 2 bridgehead atoms. The normalized spacial score (nSPS) is 39.1. The molecule has 4 atom stereocenters. The van der Waals surface area contributed by atoms with Gasteiger partial charge in [0.05, 0.1) is 5.92 Å². The molecule has 4 saturated heterocycles. The fourth-order valence-electron chi connectivity index (χ4n) is 3.75. The molecule has 4 aliphatic heterocycles. The Balaban J connectivity index is 2.01. The fraction of sp³-hybridized carbons (Fsp3) is 0.333. The number of carbonyl (C=O) groups is 4. The Morgan fingerprint density at radius 1 is 1.00 bits per heavy atom. The van der Waals surface area contributed by atoms with Crippen molar-refractivity contribution in [3.05, 3.63) is 35.9 Å². The molecule has 4 fully saturated rings. The van der Waals surface area contributed by atoms with E-state index in [9.17, 15) is 19.2 Å². The standard InChI is InChI=1S/C15H12N2O5/c1-14-8-9(11(19)16-10(8)18)15(13(21)22-14,17-12(14)20)7-5-3-2-4-6-7/h2-6,8-9H,1H3,(H,17,20)(H,16,18,19)/t8-,9+,14-,15-/m1/s1. The largest absolute Gasteiger partial charge is 0.446 e. The van der Waals surface area contributed by atoms with Crippen LogP contribution in [0.1, 0.15) is 12.5 Å². The lowest BCUT2D eigenvalue weighted by Gasteiger charge is -2.54. The predicted molar refractivity (Wildman–Crippen MR) is 70.9 cm³/mol. The van der Waals surface area contributed by atoms with Crippen LogP contribution < -0.4 is 10.6 Å². The monoisotopic (exact) mass is 300 g/mol. The highest BCUT2D eigenvalue weighted by Crippen LogP contribution is 2.52. The van der Waals surface area contributed by atoms with Crippen molar-refractivity contribution in [3.8, 4) is 0 Å². The van der Waals surface area contributed by atoms with Gasteiger partial charge >= 0.3 is 5.97 Å². The quantitative estimate of drug-likeness (QED) is 0.523. The molecule has 3 amide bonds. The van der Waals surface area contributed by atoms with Gasteiger partial charge in [-0.05, 0) is 12.5 Å². The van der Waals surface area contributed by atoms with Gasteiger partial charge in [0.25, 0.3) is 5.91 Å². The highest BCUT2D eigenvalue weighted by atomic mass is 16.6. The molecule has 1 aromatic carbocycles. The maximum atomic E-state index is 12.6. The molecule has 112 valence electrons. The third kappa shape index (κ3) is 1.22. The number of hydrogen-bond acceptors (Lipinski definition) is 5. The van der Waals surface area contributed by atoms with Crippen molar-refractivity contribution in [1.82, 2.24) is 10.6 Å². The number of fused-ring (bicyclic) bond motifs is 2. The van der Waals surface area contributed by atoms with Gasteiger partial charge in [-0.15, -0.1) is 0 Å². The average Bonchev–Trinajstić information content (AvgIpc) is 2.79. The Bertz CT molecular complexity index is 746. The summed E-state index contributed by atoms with van der Waals surface area (Å²) in [6.45, 7) is 1.37. The maximum Gasteiger partial charge on any atom is 0.338 e. The van der Waals surface area contributed by atoms with E-state index in [0.29, 0.717) is 5.56 Å². The summed E-state index contributed by atoms with van der Waals surface area (Å²) in [6, 6.07) is 8.39. The lowest BCUT2D eigenvalue weighted by molar-refractivity contribution is -0.214. The Kier molecular flexibility index (Phi) is 2.21. The molecule has 0 saturated carbocycles. The number of morpholine rings is 1. The number of nitrogens with one attached hydrogen (secondary N) is 2. The molecule has 22 heavy (non-hydrogen) atoms. The van der Waals surface area contributed by atoms with E-state index >= 15 is 0 Å².